The summed E-state index contributed by atoms with van der Waals surface area (Å²) < 4.78 is 18.3. The molecule has 0 bridgehead atoms. The molecule has 0 aliphatic carbocycles. The molecular formula is C24H26N4O4. The summed E-state index contributed by atoms with van der Waals surface area (Å²) in [6.07, 6.45) is 1.86. The van der Waals surface area contributed by atoms with E-state index in [2.05, 4.69) is 15.4 Å². The molecule has 0 spiro atoms. The van der Waals surface area contributed by atoms with Gasteiger partial charge in [-0.1, -0.05) is 18.2 Å². The fourth-order valence-corrected chi connectivity index (χ4v) is 3.17. The molecule has 32 heavy (non-hydrogen) atoms. The second-order valence-corrected chi connectivity index (χ2v) is 7.33. The summed E-state index contributed by atoms with van der Waals surface area (Å²) in [6, 6.07) is 19.5. The molecule has 1 unspecified atom stereocenters. The minimum atomic E-state index is -0.450. The van der Waals surface area contributed by atoms with Crippen molar-refractivity contribution in [2.45, 2.75) is 19.4 Å². The number of aliphatic hydroxyl groups excluding tert-OH is 1. The Hall–Kier alpha value is -3.78. The normalized spacial score (nSPS) is 11.8. The van der Waals surface area contributed by atoms with Crippen LogP contribution in [0.3, 0.4) is 0 Å². The van der Waals surface area contributed by atoms with Gasteiger partial charge in [0.1, 0.15) is 5.75 Å². The molecule has 0 amide bonds. The number of hydrogen-bond donors (Lipinski definition) is 2. The molecule has 8 heteroatoms. The Morgan fingerprint density at radius 1 is 1.12 bits per heavy atom. The Labute approximate surface area is 186 Å². The van der Waals surface area contributed by atoms with Crippen molar-refractivity contribution in [1.82, 2.24) is 14.8 Å². The number of anilines is 1. The number of nitrogens with one attached hydrogen (secondary N) is 1. The van der Waals surface area contributed by atoms with Crippen LogP contribution in [-0.4, -0.2) is 46.2 Å². The van der Waals surface area contributed by atoms with Gasteiger partial charge < -0.3 is 24.3 Å². The standard InChI is InChI=1S/C24H26N4O4/c1-17(29)16-25-19-5-3-6-20(15-19)28-23(22-7-4-13-31-22)26-24(27-28)32-14-12-18-8-10-21(30-2)11-9-18/h3-11,13,15,17,25,29H,12,14,16H2,1-2H3. The van der Waals surface area contributed by atoms with Crippen LogP contribution in [0.15, 0.2) is 71.3 Å². The highest BCUT2D eigenvalue weighted by Crippen LogP contribution is 2.25. The molecule has 4 rings (SSSR count). The van der Waals surface area contributed by atoms with Crippen molar-refractivity contribution >= 4 is 5.69 Å². The predicted molar refractivity (Wildman–Crippen MR) is 121 cm³/mol. The molecule has 0 saturated heterocycles. The molecule has 4 aromatic rings. The van der Waals surface area contributed by atoms with Gasteiger partial charge in [0.05, 0.1) is 31.8 Å². The van der Waals surface area contributed by atoms with Crippen molar-refractivity contribution in [3.05, 3.63) is 72.5 Å². The molecule has 166 valence electrons. The van der Waals surface area contributed by atoms with Crippen LogP contribution in [0.25, 0.3) is 17.3 Å². The Morgan fingerprint density at radius 2 is 1.97 bits per heavy atom. The quantitative estimate of drug-likeness (QED) is 0.390. The smallest absolute Gasteiger partial charge is 0.336 e. The van der Waals surface area contributed by atoms with Gasteiger partial charge in [-0.15, -0.1) is 5.10 Å². The average molecular weight is 434 g/mol. The lowest BCUT2D eigenvalue weighted by molar-refractivity contribution is 0.208. The number of hydrogen-bond acceptors (Lipinski definition) is 7. The Morgan fingerprint density at radius 3 is 2.69 bits per heavy atom. The first kappa shape index (κ1) is 21.5. The summed E-state index contributed by atoms with van der Waals surface area (Å²) in [5.41, 5.74) is 2.80. The second-order valence-electron chi connectivity index (χ2n) is 7.33. The monoisotopic (exact) mass is 434 g/mol. The SMILES string of the molecule is COc1ccc(CCOc2nc(-c3ccco3)n(-c3cccc(NCC(C)O)c3)n2)cc1. The van der Waals surface area contributed by atoms with Crippen molar-refractivity contribution < 1.29 is 19.0 Å². The zero-order chi connectivity index (χ0) is 22.3. The summed E-state index contributed by atoms with van der Waals surface area (Å²) in [5.74, 6) is 1.95. The number of methoxy groups -OCH3 is 1. The summed E-state index contributed by atoms with van der Waals surface area (Å²) >= 11 is 0. The van der Waals surface area contributed by atoms with E-state index >= 15 is 0 Å². The first-order valence-corrected chi connectivity index (χ1v) is 10.4. The minimum Gasteiger partial charge on any atom is -0.497 e. The summed E-state index contributed by atoms with van der Waals surface area (Å²) in [7, 11) is 1.65. The summed E-state index contributed by atoms with van der Waals surface area (Å²) in [4.78, 5) is 4.55. The number of aliphatic hydroxyl groups is 1. The highest BCUT2D eigenvalue weighted by atomic mass is 16.5. The maximum Gasteiger partial charge on any atom is 0.336 e. The fourth-order valence-electron chi connectivity index (χ4n) is 3.17. The van der Waals surface area contributed by atoms with Gasteiger partial charge in [-0.2, -0.15) is 4.98 Å². The maximum absolute atomic E-state index is 9.54. The molecule has 1 atom stereocenters. The van der Waals surface area contributed by atoms with Crippen molar-refractivity contribution in [1.29, 1.82) is 0 Å². The van der Waals surface area contributed by atoms with E-state index < -0.39 is 6.10 Å². The van der Waals surface area contributed by atoms with Crippen LogP contribution in [0.4, 0.5) is 5.69 Å². The van der Waals surface area contributed by atoms with Gasteiger partial charge in [0, 0.05) is 18.7 Å². The van der Waals surface area contributed by atoms with Crippen LogP contribution in [0, 0.1) is 0 Å². The van der Waals surface area contributed by atoms with Crippen LogP contribution in [0.1, 0.15) is 12.5 Å². The van der Waals surface area contributed by atoms with Gasteiger partial charge in [-0.05, 0) is 55.0 Å². The van der Waals surface area contributed by atoms with Crippen LogP contribution < -0.4 is 14.8 Å². The number of benzene rings is 2. The zero-order valence-electron chi connectivity index (χ0n) is 18.1. The molecule has 2 aromatic heterocycles. The van der Waals surface area contributed by atoms with E-state index in [0.717, 1.165) is 22.7 Å². The zero-order valence-corrected chi connectivity index (χ0v) is 18.1. The molecule has 0 aliphatic heterocycles. The van der Waals surface area contributed by atoms with E-state index in [1.54, 1.807) is 31.0 Å². The Bertz CT molecular complexity index is 1120. The topological polar surface area (TPSA) is 94.6 Å². The molecule has 0 fully saturated rings. The van der Waals surface area contributed by atoms with E-state index in [9.17, 15) is 5.11 Å². The Balaban J connectivity index is 1.52. The number of rotatable bonds is 10. The first-order valence-electron chi connectivity index (χ1n) is 10.4. The number of furan rings is 1. The van der Waals surface area contributed by atoms with Crippen LogP contribution >= 0.6 is 0 Å². The Kier molecular flexibility index (Phi) is 6.72. The molecule has 8 nitrogen and oxygen atoms in total. The summed E-state index contributed by atoms with van der Waals surface area (Å²) in [6.45, 7) is 2.62. The molecule has 2 heterocycles. The largest absolute Gasteiger partial charge is 0.497 e. The van der Waals surface area contributed by atoms with Crippen LogP contribution in [0.5, 0.6) is 11.8 Å². The predicted octanol–water partition coefficient (Wildman–Crippen LogP) is 3.95. The average Bonchev–Trinajstić information content (AvgIpc) is 3.48. The lowest BCUT2D eigenvalue weighted by Gasteiger charge is -2.10. The lowest BCUT2D eigenvalue weighted by atomic mass is 10.1. The third kappa shape index (κ3) is 5.28. The second kappa shape index (κ2) is 10.0. The highest BCUT2D eigenvalue weighted by molar-refractivity contribution is 5.56. The third-order valence-electron chi connectivity index (χ3n) is 4.80. The molecular weight excluding hydrogens is 408 g/mol. The van der Waals surface area contributed by atoms with E-state index in [0.29, 0.717) is 31.2 Å². The van der Waals surface area contributed by atoms with E-state index in [-0.39, 0.29) is 6.01 Å². The van der Waals surface area contributed by atoms with Gasteiger partial charge in [-0.3, -0.25) is 0 Å². The van der Waals surface area contributed by atoms with Gasteiger partial charge in [0.25, 0.3) is 0 Å². The van der Waals surface area contributed by atoms with E-state index in [1.807, 2.05) is 54.6 Å². The van der Waals surface area contributed by atoms with Crippen LogP contribution in [-0.2, 0) is 6.42 Å². The van der Waals surface area contributed by atoms with Crippen molar-refractivity contribution in [2.75, 3.05) is 25.6 Å². The summed E-state index contributed by atoms with van der Waals surface area (Å²) in [5, 5.41) is 17.3. The van der Waals surface area contributed by atoms with Gasteiger partial charge in [-0.25, -0.2) is 4.68 Å². The number of aromatic nitrogens is 3. The molecule has 2 N–H and O–H groups in total. The van der Waals surface area contributed by atoms with Crippen molar-refractivity contribution in [2.24, 2.45) is 0 Å². The van der Waals surface area contributed by atoms with Gasteiger partial charge >= 0.3 is 6.01 Å². The molecule has 2 aromatic carbocycles. The number of nitrogens with zero attached hydrogens (tertiary/aromatic N) is 3. The fraction of sp³-hybridized carbons (Fsp3) is 0.250. The molecule has 0 saturated carbocycles. The third-order valence-corrected chi connectivity index (χ3v) is 4.80. The molecule has 0 aliphatic rings. The first-order chi connectivity index (χ1) is 15.6. The van der Waals surface area contributed by atoms with Crippen molar-refractivity contribution in [3.8, 4) is 29.0 Å². The number of ether oxygens (including phenoxy) is 2. The van der Waals surface area contributed by atoms with E-state index in [4.69, 9.17) is 13.9 Å². The lowest BCUT2D eigenvalue weighted by Crippen LogP contribution is -2.15. The van der Waals surface area contributed by atoms with Gasteiger partial charge in [0.2, 0.25) is 5.82 Å². The van der Waals surface area contributed by atoms with E-state index in [1.165, 1.54) is 0 Å². The highest BCUT2D eigenvalue weighted by Gasteiger charge is 2.17. The van der Waals surface area contributed by atoms with Crippen LogP contribution in [0.2, 0.25) is 0 Å². The van der Waals surface area contributed by atoms with Gasteiger partial charge in [0.15, 0.2) is 5.76 Å². The minimum absolute atomic E-state index is 0.271. The maximum atomic E-state index is 9.54. The molecule has 0 radical (unpaired) electrons. The van der Waals surface area contributed by atoms with Crippen molar-refractivity contribution in [3.63, 3.8) is 0 Å².